The van der Waals surface area contributed by atoms with Crippen LogP contribution in [0.5, 0.6) is 0 Å². The smallest absolute Gasteiger partial charge is 0.261 e. The molecule has 0 atom stereocenters. The zero-order valence-corrected chi connectivity index (χ0v) is 14.3. The number of carbonyl (C=O) groups is 1. The van der Waals surface area contributed by atoms with E-state index in [9.17, 15) is 4.79 Å². The van der Waals surface area contributed by atoms with Crippen molar-refractivity contribution in [3.8, 4) is 0 Å². The van der Waals surface area contributed by atoms with E-state index in [-0.39, 0.29) is 11.5 Å². The van der Waals surface area contributed by atoms with Gasteiger partial charge in [-0.15, -0.1) is 0 Å². The van der Waals surface area contributed by atoms with Crippen molar-refractivity contribution in [2.75, 3.05) is 10.6 Å². The molecule has 8 heteroatoms. The van der Waals surface area contributed by atoms with Crippen molar-refractivity contribution >= 4 is 34.7 Å². The van der Waals surface area contributed by atoms with Crippen LogP contribution in [0.15, 0.2) is 51.6 Å². The highest BCUT2D eigenvalue weighted by Crippen LogP contribution is 2.20. The molecule has 0 aliphatic rings. The normalized spacial score (nSPS) is 11.4. The third-order valence-corrected chi connectivity index (χ3v) is 3.48. The standard InChI is InChI=1S/C17H15ClN4O3/c1-10-7-15(24-21-10)14(9-19-16-8-11(2)22-25-16)17(23)20-13-5-3-12(18)4-6-13/h3-9,19H,1-2H3,(H,20,23)/b14-9+. The summed E-state index contributed by atoms with van der Waals surface area (Å²) in [6, 6.07) is 10.2. The Kier molecular flexibility index (Phi) is 4.85. The zero-order chi connectivity index (χ0) is 17.8. The number of aromatic nitrogens is 2. The van der Waals surface area contributed by atoms with Gasteiger partial charge in [-0.3, -0.25) is 4.79 Å². The lowest BCUT2D eigenvalue weighted by molar-refractivity contribution is -0.111. The highest BCUT2D eigenvalue weighted by molar-refractivity contribution is 6.30. The highest BCUT2D eigenvalue weighted by atomic mass is 35.5. The molecule has 2 N–H and O–H groups in total. The van der Waals surface area contributed by atoms with Crippen LogP contribution >= 0.6 is 11.6 Å². The molecule has 0 aliphatic carbocycles. The summed E-state index contributed by atoms with van der Waals surface area (Å²) in [5, 5.41) is 13.8. The van der Waals surface area contributed by atoms with Gasteiger partial charge in [0.2, 0.25) is 5.88 Å². The molecule has 0 fully saturated rings. The average Bonchev–Trinajstić information content (AvgIpc) is 3.18. The molecule has 0 saturated carbocycles. The van der Waals surface area contributed by atoms with E-state index >= 15 is 0 Å². The lowest BCUT2D eigenvalue weighted by atomic mass is 10.2. The first-order chi connectivity index (χ1) is 12.0. The van der Waals surface area contributed by atoms with Crippen molar-refractivity contribution in [2.45, 2.75) is 13.8 Å². The summed E-state index contributed by atoms with van der Waals surface area (Å²) in [7, 11) is 0. The minimum absolute atomic E-state index is 0.254. The van der Waals surface area contributed by atoms with Gasteiger partial charge in [0.05, 0.1) is 11.4 Å². The van der Waals surface area contributed by atoms with Crippen molar-refractivity contribution in [1.29, 1.82) is 0 Å². The van der Waals surface area contributed by atoms with Gasteiger partial charge >= 0.3 is 0 Å². The van der Waals surface area contributed by atoms with Crippen LogP contribution in [0.3, 0.4) is 0 Å². The van der Waals surface area contributed by atoms with E-state index < -0.39 is 0 Å². The van der Waals surface area contributed by atoms with Crippen LogP contribution in [0.2, 0.25) is 5.02 Å². The Labute approximate surface area is 148 Å². The van der Waals surface area contributed by atoms with E-state index in [4.69, 9.17) is 20.6 Å². The number of aryl methyl sites for hydroxylation is 2. The second-order valence-electron chi connectivity index (χ2n) is 5.33. The van der Waals surface area contributed by atoms with E-state index in [0.717, 1.165) is 5.69 Å². The van der Waals surface area contributed by atoms with Crippen LogP contribution in [0.1, 0.15) is 17.1 Å². The molecular formula is C17H15ClN4O3. The predicted molar refractivity (Wildman–Crippen MR) is 94.2 cm³/mol. The van der Waals surface area contributed by atoms with Crippen LogP contribution in [0, 0.1) is 13.8 Å². The van der Waals surface area contributed by atoms with Gasteiger partial charge in [-0.05, 0) is 38.1 Å². The number of rotatable bonds is 5. The first kappa shape index (κ1) is 16.8. The van der Waals surface area contributed by atoms with Gasteiger partial charge in [-0.2, -0.15) is 0 Å². The lowest BCUT2D eigenvalue weighted by Crippen LogP contribution is -2.14. The number of nitrogens with zero attached hydrogens (tertiary/aromatic N) is 2. The summed E-state index contributed by atoms with van der Waals surface area (Å²) >= 11 is 5.86. The molecule has 25 heavy (non-hydrogen) atoms. The number of nitrogens with one attached hydrogen (secondary N) is 2. The van der Waals surface area contributed by atoms with Crippen LogP contribution in [-0.4, -0.2) is 16.2 Å². The molecular weight excluding hydrogens is 344 g/mol. The maximum atomic E-state index is 12.6. The van der Waals surface area contributed by atoms with Crippen LogP contribution in [0.4, 0.5) is 11.6 Å². The summed E-state index contributed by atoms with van der Waals surface area (Å²) < 4.78 is 10.3. The number of anilines is 2. The molecule has 0 aliphatic heterocycles. The number of hydrogen-bond acceptors (Lipinski definition) is 6. The highest BCUT2D eigenvalue weighted by Gasteiger charge is 2.17. The minimum Gasteiger partial charge on any atom is -0.356 e. The Morgan fingerprint density at radius 2 is 1.76 bits per heavy atom. The summed E-state index contributed by atoms with van der Waals surface area (Å²) in [6.07, 6.45) is 1.48. The molecule has 3 rings (SSSR count). The summed E-state index contributed by atoms with van der Waals surface area (Å²) in [5.74, 6) is 0.362. The molecule has 0 radical (unpaired) electrons. The fourth-order valence-electron chi connectivity index (χ4n) is 2.05. The quantitative estimate of drug-likeness (QED) is 0.669. The Morgan fingerprint density at radius 3 is 2.36 bits per heavy atom. The molecule has 7 nitrogen and oxygen atoms in total. The molecule has 1 aromatic carbocycles. The summed E-state index contributed by atoms with van der Waals surface area (Å²) in [5.41, 5.74) is 2.24. The number of carbonyl (C=O) groups excluding carboxylic acids is 1. The molecule has 128 valence electrons. The predicted octanol–water partition coefficient (Wildman–Crippen LogP) is 4.02. The van der Waals surface area contributed by atoms with Crippen molar-refractivity contribution in [2.24, 2.45) is 0 Å². The van der Waals surface area contributed by atoms with Crippen molar-refractivity contribution < 1.29 is 13.8 Å². The molecule has 1 amide bonds. The summed E-state index contributed by atoms with van der Waals surface area (Å²) in [4.78, 5) is 12.6. The third-order valence-electron chi connectivity index (χ3n) is 3.23. The third kappa shape index (κ3) is 4.27. The van der Waals surface area contributed by atoms with E-state index in [1.807, 2.05) is 0 Å². The van der Waals surface area contributed by atoms with Gasteiger partial charge in [-0.1, -0.05) is 21.9 Å². The van der Waals surface area contributed by atoms with E-state index in [1.54, 1.807) is 50.2 Å². The molecule has 0 unspecified atom stereocenters. The van der Waals surface area contributed by atoms with Crippen LogP contribution < -0.4 is 10.6 Å². The Hall–Kier alpha value is -3.06. The Morgan fingerprint density at radius 1 is 1.08 bits per heavy atom. The second kappa shape index (κ2) is 7.23. The van der Waals surface area contributed by atoms with Crippen LogP contribution in [0.25, 0.3) is 5.57 Å². The molecule has 0 saturated heterocycles. The molecule has 2 heterocycles. The van der Waals surface area contributed by atoms with Crippen LogP contribution in [-0.2, 0) is 4.79 Å². The van der Waals surface area contributed by atoms with Gasteiger partial charge in [0.15, 0.2) is 5.76 Å². The first-order valence-electron chi connectivity index (χ1n) is 7.42. The SMILES string of the molecule is Cc1cc(N/C=C(/C(=O)Nc2ccc(Cl)cc2)c2cc(C)no2)on1. The lowest BCUT2D eigenvalue weighted by Gasteiger charge is -2.07. The molecule has 0 bridgehead atoms. The number of halogens is 1. The Bertz CT molecular complexity index is 912. The molecule has 2 aromatic heterocycles. The molecule has 0 spiro atoms. The fraction of sp³-hybridized carbons (Fsp3) is 0.118. The van der Waals surface area contributed by atoms with Gasteiger partial charge in [0.1, 0.15) is 5.57 Å². The van der Waals surface area contributed by atoms with Gasteiger partial charge in [0, 0.05) is 29.0 Å². The fourth-order valence-corrected chi connectivity index (χ4v) is 2.17. The first-order valence-corrected chi connectivity index (χ1v) is 7.80. The average molecular weight is 359 g/mol. The van der Waals surface area contributed by atoms with E-state index in [1.165, 1.54) is 6.20 Å². The number of hydrogen-bond donors (Lipinski definition) is 2. The zero-order valence-electron chi connectivity index (χ0n) is 13.5. The number of benzene rings is 1. The van der Waals surface area contributed by atoms with Gasteiger partial charge in [0.25, 0.3) is 5.91 Å². The maximum Gasteiger partial charge on any atom is 0.261 e. The topological polar surface area (TPSA) is 93.2 Å². The second-order valence-corrected chi connectivity index (χ2v) is 5.76. The van der Waals surface area contributed by atoms with Crippen molar-refractivity contribution in [1.82, 2.24) is 10.3 Å². The molecule has 3 aromatic rings. The summed E-state index contributed by atoms with van der Waals surface area (Å²) in [6.45, 7) is 3.57. The number of amides is 1. The Balaban J connectivity index is 1.84. The monoisotopic (exact) mass is 358 g/mol. The van der Waals surface area contributed by atoms with Gasteiger partial charge in [-0.25, -0.2) is 0 Å². The maximum absolute atomic E-state index is 12.6. The van der Waals surface area contributed by atoms with Gasteiger partial charge < -0.3 is 19.7 Å². The van der Waals surface area contributed by atoms with Crippen molar-refractivity contribution in [3.63, 3.8) is 0 Å². The van der Waals surface area contributed by atoms with E-state index in [0.29, 0.717) is 28.0 Å². The minimum atomic E-state index is -0.373. The largest absolute Gasteiger partial charge is 0.356 e. The van der Waals surface area contributed by atoms with E-state index in [2.05, 4.69) is 20.9 Å². The van der Waals surface area contributed by atoms with Crippen molar-refractivity contribution in [3.05, 3.63) is 64.8 Å².